The van der Waals surface area contributed by atoms with Gasteiger partial charge in [0.2, 0.25) is 0 Å². The van der Waals surface area contributed by atoms with Gasteiger partial charge in [-0.15, -0.1) is 11.3 Å². The van der Waals surface area contributed by atoms with Crippen molar-refractivity contribution in [2.75, 3.05) is 0 Å². The quantitative estimate of drug-likeness (QED) is 0.413. The second-order valence-electron chi connectivity index (χ2n) is 6.36. The molecule has 10 heteroatoms. The Morgan fingerprint density at radius 2 is 2.25 bits per heavy atom. The molecule has 1 amide bonds. The Morgan fingerprint density at radius 1 is 1.36 bits per heavy atom. The Labute approximate surface area is 167 Å². The molecule has 4 heterocycles. The van der Waals surface area contributed by atoms with Gasteiger partial charge in [0.1, 0.15) is 11.5 Å². The molecule has 5 rings (SSSR count). The second kappa shape index (κ2) is 6.54. The van der Waals surface area contributed by atoms with E-state index >= 15 is 0 Å². The lowest BCUT2D eigenvalue weighted by Crippen LogP contribution is -2.22. The molecule has 1 N–H and O–H groups in total. The van der Waals surface area contributed by atoms with Crippen LogP contribution in [0.2, 0.25) is 5.15 Å². The third-order valence-electron chi connectivity index (χ3n) is 4.69. The summed E-state index contributed by atoms with van der Waals surface area (Å²) in [4.78, 5) is 34.4. The topological polar surface area (TPSA) is 93.7 Å². The van der Waals surface area contributed by atoms with E-state index in [2.05, 4.69) is 20.5 Å². The molecule has 140 valence electrons. The van der Waals surface area contributed by atoms with Crippen molar-refractivity contribution >= 4 is 50.9 Å². The summed E-state index contributed by atoms with van der Waals surface area (Å²) < 4.78 is 3.49. The predicted molar refractivity (Wildman–Crippen MR) is 107 cm³/mol. The fourth-order valence-corrected chi connectivity index (χ4v) is 4.33. The number of fused-ring (bicyclic) bond motifs is 3. The van der Waals surface area contributed by atoms with Gasteiger partial charge in [0.05, 0.1) is 17.1 Å². The van der Waals surface area contributed by atoms with E-state index in [1.54, 1.807) is 27.2 Å². The highest BCUT2D eigenvalue weighted by molar-refractivity contribution is 7.15. The summed E-state index contributed by atoms with van der Waals surface area (Å²) in [5, 5.41) is 6.69. The van der Waals surface area contributed by atoms with Gasteiger partial charge in [0, 0.05) is 30.1 Å². The lowest BCUT2D eigenvalue weighted by Gasteiger charge is -2.06. The number of aromatic nitrogens is 4. The number of imidazole rings is 1. The number of nitrogens with zero attached hydrogens (tertiary/aromatic N) is 5. The van der Waals surface area contributed by atoms with Crippen LogP contribution in [-0.2, 0) is 13.0 Å². The number of benzene rings is 1. The van der Waals surface area contributed by atoms with Crippen LogP contribution in [0.3, 0.4) is 0 Å². The number of carbonyl (C=O) groups is 1. The molecule has 0 unspecified atom stereocenters. The van der Waals surface area contributed by atoms with Crippen LogP contribution in [0, 0.1) is 0 Å². The Morgan fingerprint density at radius 3 is 3.14 bits per heavy atom. The predicted octanol–water partition coefficient (Wildman–Crippen LogP) is 2.47. The summed E-state index contributed by atoms with van der Waals surface area (Å²) in [7, 11) is 0. The zero-order valence-electron chi connectivity index (χ0n) is 14.4. The molecule has 1 aliphatic heterocycles. The van der Waals surface area contributed by atoms with E-state index in [0.717, 1.165) is 23.6 Å². The van der Waals surface area contributed by atoms with E-state index in [0.29, 0.717) is 33.9 Å². The molecule has 0 bridgehead atoms. The maximum atomic E-state index is 12.5. The minimum atomic E-state index is -0.400. The molecular formula is C18H13ClN6O2S. The first-order valence-electron chi connectivity index (χ1n) is 8.60. The number of amides is 1. The fourth-order valence-electron chi connectivity index (χ4n) is 3.33. The first kappa shape index (κ1) is 17.1. The molecule has 0 saturated carbocycles. The van der Waals surface area contributed by atoms with Crippen LogP contribution in [0.1, 0.15) is 28.3 Å². The number of hydrogen-bond acceptors (Lipinski definition) is 6. The van der Waals surface area contributed by atoms with Crippen molar-refractivity contribution < 1.29 is 4.79 Å². The SMILES string of the molecule is O=C(N/N=C\c1c(Cl)nc2sccn12)c1ccc2c(=O)n3c(nc2c1)CCC3. The lowest BCUT2D eigenvalue weighted by atomic mass is 10.1. The monoisotopic (exact) mass is 412 g/mol. The Hall–Kier alpha value is -3.04. The van der Waals surface area contributed by atoms with E-state index < -0.39 is 5.91 Å². The highest BCUT2D eigenvalue weighted by Crippen LogP contribution is 2.20. The van der Waals surface area contributed by atoms with Crippen molar-refractivity contribution in [1.29, 1.82) is 0 Å². The third kappa shape index (κ3) is 2.71. The zero-order chi connectivity index (χ0) is 19.3. The molecule has 0 saturated heterocycles. The average Bonchev–Trinajstić information content (AvgIpc) is 3.39. The highest BCUT2D eigenvalue weighted by atomic mass is 35.5. The van der Waals surface area contributed by atoms with Gasteiger partial charge in [-0.1, -0.05) is 11.6 Å². The first-order chi connectivity index (χ1) is 13.6. The van der Waals surface area contributed by atoms with E-state index in [1.807, 2.05) is 11.6 Å². The van der Waals surface area contributed by atoms with Crippen molar-refractivity contribution in [2.24, 2.45) is 5.10 Å². The van der Waals surface area contributed by atoms with Crippen LogP contribution in [0.25, 0.3) is 15.9 Å². The maximum absolute atomic E-state index is 12.5. The summed E-state index contributed by atoms with van der Waals surface area (Å²) in [5.74, 6) is 0.367. The molecular weight excluding hydrogens is 400 g/mol. The molecule has 28 heavy (non-hydrogen) atoms. The van der Waals surface area contributed by atoms with Gasteiger partial charge < -0.3 is 0 Å². The lowest BCUT2D eigenvalue weighted by molar-refractivity contribution is 0.0955. The highest BCUT2D eigenvalue weighted by Gasteiger charge is 2.17. The van der Waals surface area contributed by atoms with Gasteiger partial charge in [-0.3, -0.25) is 18.6 Å². The van der Waals surface area contributed by atoms with E-state index in [4.69, 9.17) is 11.6 Å². The van der Waals surface area contributed by atoms with Crippen molar-refractivity contribution in [1.82, 2.24) is 24.4 Å². The number of carbonyl (C=O) groups excluding carboxylic acids is 1. The molecule has 0 aliphatic carbocycles. The van der Waals surface area contributed by atoms with Gasteiger partial charge in [-0.25, -0.2) is 15.4 Å². The summed E-state index contributed by atoms with van der Waals surface area (Å²) in [6.07, 6.45) is 4.96. The normalized spacial score (nSPS) is 13.6. The number of hydrazone groups is 1. The largest absolute Gasteiger partial charge is 0.296 e. The third-order valence-corrected chi connectivity index (χ3v) is 5.72. The maximum Gasteiger partial charge on any atom is 0.271 e. The van der Waals surface area contributed by atoms with Gasteiger partial charge in [-0.05, 0) is 24.6 Å². The van der Waals surface area contributed by atoms with Gasteiger partial charge in [0.25, 0.3) is 11.5 Å². The van der Waals surface area contributed by atoms with Crippen molar-refractivity contribution in [3.8, 4) is 0 Å². The van der Waals surface area contributed by atoms with Crippen LogP contribution in [-0.4, -0.2) is 31.1 Å². The second-order valence-corrected chi connectivity index (χ2v) is 7.59. The number of rotatable bonds is 3. The minimum Gasteiger partial charge on any atom is -0.296 e. The molecule has 1 aliphatic rings. The Balaban J connectivity index is 1.41. The first-order valence-corrected chi connectivity index (χ1v) is 9.85. The van der Waals surface area contributed by atoms with E-state index in [9.17, 15) is 9.59 Å². The number of aryl methyl sites for hydroxylation is 1. The number of halogens is 1. The van der Waals surface area contributed by atoms with E-state index in [-0.39, 0.29) is 5.56 Å². The molecule has 3 aromatic heterocycles. The number of hydrogen-bond donors (Lipinski definition) is 1. The minimum absolute atomic E-state index is 0.0577. The summed E-state index contributed by atoms with van der Waals surface area (Å²) in [5.41, 5.74) is 3.90. The van der Waals surface area contributed by atoms with Gasteiger partial charge in [-0.2, -0.15) is 5.10 Å². The molecule has 4 aromatic rings. The van der Waals surface area contributed by atoms with Gasteiger partial charge in [0.15, 0.2) is 10.1 Å². The molecule has 0 radical (unpaired) electrons. The van der Waals surface area contributed by atoms with Crippen molar-refractivity contribution in [3.63, 3.8) is 0 Å². The van der Waals surface area contributed by atoms with Gasteiger partial charge >= 0.3 is 0 Å². The zero-order valence-corrected chi connectivity index (χ0v) is 16.0. The standard InChI is InChI=1S/C18H13ClN6O2S/c19-15-13(24-6-7-28-18(24)22-15)9-20-23-16(26)10-3-4-11-12(8-10)21-14-2-1-5-25(14)17(11)27/h3-4,6-9H,1-2,5H2,(H,23,26)/b20-9-. The molecule has 8 nitrogen and oxygen atoms in total. The van der Waals surface area contributed by atoms with Crippen LogP contribution < -0.4 is 11.0 Å². The summed E-state index contributed by atoms with van der Waals surface area (Å²) in [6, 6.07) is 4.85. The fraction of sp³-hybridized carbons (Fsp3) is 0.167. The number of thiazole rings is 1. The number of nitrogens with one attached hydrogen (secondary N) is 1. The van der Waals surface area contributed by atoms with Crippen molar-refractivity contribution in [2.45, 2.75) is 19.4 Å². The Kier molecular flexibility index (Phi) is 3.99. The molecule has 0 spiro atoms. The van der Waals surface area contributed by atoms with Crippen LogP contribution >= 0.6 is 22.9 Å². The molecule has 0 fully saturated rings. The molecule has 0 atom stereocenters. The Bertz CT molecular complexity index is 1340. The van der Waals surface area contributed by atoms with Crippen LogP contribution in [0.15, 0.2) is 39.7 Å². The van der Waals surface area contributed by atoms with Crippen LogP contribution in [0.4, 0.5) is 0 Å². The average molecular weight is 413 g/mol. The summed E-state index contributed by atoms with van der Waals surface area (Å²) in [6.45, 7) is 0.697. The summed E-state index contributed by atoms with van der Waals surface area (Å²) >= 11 is 7.55. The van der Waals surface area contributed by atoms with Crippen LogP contribution in [0.5, 0.6) is 0 Å². The van der Waals surface area contributed by atoms with Crippen molar-refractivity contribution in [3.05, 3.63) is 62.4 Å². The molecule has 1 aromatic carbocycles. The van der Waals surface area contributed by atoms with E-state index in [1.165, 1.54) is 17.6 Å². The smallest absolute Gasteiger partial charge is 0.271 e.